The third-order valence-electron chi connectivity index (χ3n) is 2.98. The van der Waals surface area contributed by atoms with Gasteiger partial charge in [0.2, 0.25) is 0 Å². The van der Waals surface area contributed by atoms with E-state index in [4.69, 9.17) is 5.11 Å². The van der Waals surface area contributed by atoms with Gasteiger partial charge in [-0.15, -0.1) is 10.2 Å². The van der Waals surface area contributed by atoms with Gasteiger partial charge >= 0.3 is 5.97 Å². The Hall–Kier alpha value is -2.35. The summed E-state index contributed by atoms with van der Waals surface area (Å²) in [6.45, 7) is 1.91. The van der Waals surface area contributed by atoms with Crippen molar-refractivity contribution in [3.8, 4) is 10.6 Å². The van der Waals surface area contributed by atoms with Gasteiger partial charge in [-0.1, -0.05) is 18.3 Å². The average Bonchev–Trinajstić information content (AvgIpc) is 2.94. The molecule has 110 valence electrons. The van der Waals surface area contributed by atoms with Gasteiger partial charge in [0.15, 0.2) is 0 Å². The maximum absolute atomic E-state index is 10.6. The Balaban J connectivity index is 2.11. The number of carboxylic acids is 1. The number of benzene rings is 1. The maximum Gasteiger partial charge on any atom is 0.303 e. The highest BCUT2D eigenvalue weighted by Crippen LogP contribution is 2.30. The Morgan fingerprint density at radius 3 is 2.62 bits per heavy atom. The summed E-state index contributed by atoms with van der Waals surface area (Å²) in [7, 11) is 0. The van der Waals surface area contributed by atoms with Gasteiger partial charge in [0.05, 0.1) is 4.92 Å². The fourth-order valence-electron chi connectivity index (χ4n) is 1.74. The predicted molar refractivity (Wildman–Crippen MR) is 77.3 cm³/mol. The number of carbonyl (C=O) groups is 1. The third-order valence-corrected chi connectivity index (χ3v) is 4.18. The highest BCUT2D eigenvalue weighted by molar-refractivity contribution is 7.14. The van der Waals surface area contributed by atoms with Crippen LogP contribution in [0, 0.1) is 10.1 Å². The molecule has 0 amide bonds. The van der Waals surface area contributed by atoms with Crippen LogP contribution in [0.1, 0.15) is 30.7 Å². The standard InChI is InChI=1S/C13H13N3O4S/c1-8(2-7-11(17)18)12-14-15-13(21-12)9-3-5-10(6-4-9)16(19)20/h3-6,8H,2,7H2,1H3,(H,17,18). The Labute approximate surface area is 124 Å². The molecule has 0 saturated carbocycles. The van der Waals surface area contributed by atoms with E-state index < -0.39 is 10.9 Å². The van der Waals surface area contributed by atoms with E-state index >= 15 is 0 Å². The van der Waals surface area contributed by atoms with Gasteiger partial charge in [0, 0.05) is 30.0 Å². The molecule has 0 bridgehead atoms. The van der Waals surface area contributed by atoms with E-state index in [1.165, 1.54) is 23.5 Å². The minimum absolute atomic E-state index is 0.0189. The molecule has 1 unspecified atom stereocenters. The molecule has 2 rings (SSSR count). The lowest BCUT2D eigenvalue weighted by Crippen LogP contribution is -1.99. The molecule has 21 heavy (non-hydrogen) atoms. The molecule has 0 aliphatic heterocycles. The number of hydrogen-bond acceptors (Lipinski definition) is 6. The Kier molecular flexibility index (Phi) is 4.59. The van der Waals surface area contributed by atoms with Crippen molar-refractivity contribution in [2.75, 3.05) is 0 Å². The largest absolute Gasteiger partial charge is 0.481 e. The van der Waals surface area contributed by atoms with Crippen molar-refractivity contribution in [2.45, 2.75) is 25.7 Å². The van der Waals surface area contributed by atoms with Crippen molar-refractivity contribution >= 4 is 23.0 Å². The number of nitro groups is 1. The molecular formula is C13H13N3O4S. The summed E-state index contributed by atoms with van der Waals surface area (Å²) in [5.74, 6) is -0.813. The molecule has 0 radical (unpaired) electrons. The molecule has 0 saturated heterocycles. The number of aromatic nitrogens is 2. The van der Waals surface area contributed by atoms with Crippen molar-refractivity contribution in [2.24, 2.45) is 0 Å². The number of carboxylic acid groups (broad SMARTS) is 1. The summed E-state index contributed by atoms with van der Waals surface area (Å²) in [5, 5.41) is 28.8. The van der Waals surface area contributed by atoms with Crippen LogP contribution in [-0.2, 0) is 4.79 Å². The molecule has 1 N–H and O–H groups in total. The number of nitro benzene ring substituents is 1. The van der Waals surface area contributed by atoms with Gasteiger partial charge in [-0.05, 0) is 18.6 Å². The zero-order valence-electron chi connectivity index (χ0n) is 11.2. The van der Waals surface area contributed by atoms with E-state index in [2.05, 4.69) is 10.2 Å². The van der Waals surface area contributed by atoms with Crippen LogP contribution in [0.4, 0.5) is 5.69 Å². The Bertz CT molecular complexity index is 654. The molecule has 0 aliphatic carbocycles. The van der Waals surface area contributed by atoms with Crippen LogP contribution in [0.2, 0.25) is 0 Å². The summed E-state index contributed by atoms with van der Waals surface area (Å²) in [6.07, 6.45) is 0.595. The monoisotopic (exact) mass is 307 g/mol. The van der Waals surface area contributed by atoms with E-state index in [1.54, 1.807) is 12.1 Å². The van der Waals surface area contributed by atoms with Crippen molar-refractivity contribution in [1.29, 1.82) is 0 Å². The first kappa shape index (κ1) is 15.0. The fraction of sp³-hybridized carbons (Fsp3) is 0.308. The van der Waals surface area contributed by atoms with Crippen LogP contribution in [-0.4, -0.2) is 26.2 Å². The fourth-order valence-corrected chi connectivity index (χ4v) is 2.67. The van der Waals surface area contributed by atoms with Crippen LogP contribution in [0.3, 0.4) is 0 Å². The van der Waals surface area contributed by atoms with Crippen LogP contribution in [0.5, 0.6) is 0 Å². The first-order valence-corrected chi connectivity index (χ1v) is 7.09. The van der Waals surface area contributed by atoms with Crippen molar-refractivity contribution < 1.29 is 14.8 Å². The molecule has 0 spiro atoms. The Morgan fingerprint density at radius 2 is 2.05 bits per heavy atom. The quantitative estimate of drug-likeness (QED) is 0.649. The van der Waals surface area contributed by atoms with Crippen LogP contribution >= 0.6 is 11.3 Å². The predicted octanol–water partition coefficient (Wildman–Crippen LogP) is 3.08. The van der Waals surface area contributed by atoms with Crippen molar-refractivity contribution in [3.63, 3.8) is 0 Å². The van der Waals surface area contributed by atoms with Gasteiger partial charge in [-0.25, -0.2) is 0 Å². The lowest BCUT2D eigenvalue weighted by molar-refractivity contribution is -0.384. The normalized spacial score (nSPS) is 12.0. The van der Waals surface area contributed by atoms with E-state index in [0.717, 1.165) is 10.6 Å². The van der Waals surface area contributed by atoms with E-state index in [9.17, 15) is 14.9 Å². The zero-order chi connectivity index (χ0) is 15.4. The number of hydrogen-bond donors (Lipinski definition) is 1. The van der Waals surface area contributed by atoms with E-state index in [0.29, 0.717) is 11.4 Å². The van der Waals surface area contributed by atoms with Crippen molar-refractivity contribution in [1.82, 2.24) is 10.2 Å². The maximum atomic E-state index is 10.6. The van der Waals surface area contributed by atoms with Crippen molar-refractivity contribution in [3.05, 3.63) is 39.4 Å². The average molecular weight is 307 g/mol. The topological polar surface area (TPSA) is 106 Å². The minimum atomic E-state index is -0.832. The molecule has 0 fully saturated rings. The van der Waals surface area contributed by atoms with Crippen LogP contribution in [0.15, 0.2) is 24.3 Å². The number of nitrogens with zero attached hydrogens (tertiary/aromatic N) is 3. The van der Waals surface area contributed by atoms with Gasteiger partial charge in [-0.2, -0.15) is 0 Å². The second kappa shape index (κ2) is 6.40. The van der Waals surface area contributed by atoms with E-state index in [1.807, 2.05) is 6.92 Å². The number of aliphatic carboxylic acids is 1. The molecule has 0 aliphatic rings. The summed E-state index contributed by atoms with van der Waals surface area (Å²) in [4.78, 5) is 20.7. The van der Waals surface area contributed by atoms with Gasteiger partial charge in [0.1, 0.15) is 10.0 Å². The van der Waals surface area contributed by atoms with Crippen LogP contribution < -0.4 is 0 Å². The summed E-state index contributed by atoms with van der Waals surface area (Å²) in [5.41, 5.74) is 0.785. The molecule has 2 aromatic rings. The molecule has 1 aromatic carbocycles. The first-order valence-electron chi connectivity index (χ1n) is 6.27. The zero-order valence-corrected chi connectivity index (χ0v) is 12.0. The number of non-ortho nitro benzene ring substituents is 1. The lowest BCUT2D eigenvalue weighted by Gasteiger charge is -2.03. The van der Waals surface area contributed by atoms with Crippen LogP contribution in [0.25, 0.3) is 10.6 Å². The first-order chi connectivity index (χ1) is 9.97. The highest BCUT2D eigenvalue weighted by atomic mass is 32.1. The molecular weight excluding hydrogens is 294 g/mol. The lowest BCUT2D eigenvalue weighted by atomic mass is 10.1. The third kappa shape index (κ3) is 3.82. The molecule has 7 nitrogen and oxygen atoms in total. The molecule has 8 heteroatoms. The summed E-state index contributed by atoms with van der Waals surface area (Å²) >= 11 is 1.37. The second-order valence-corrected chi connectivity index (χ2v) is 5.59. The highest BCUT2D eigenvalue weighted by Gasteiger charge is 2.15. The van der Waals surface area contributed by atoms with E-state index in [-0.39, 0.29) is 18.0 Å². The second-order valence-electron chi connectivity index (χ2n) is 4.58. The molecule has 1 atom stereocenters. The summed E-state index contributed by atoms with van der Waals surface area (Å²) in [6, 6.07) is 6.10. The van der Waals surface area contributed by atoms with Gasteiger partial charge < -0.3 is 5.11 Å². The number of rotatable bonds is 6. The smallest absolute Gasteiger partial charge is 0.303 e. The van der Waals surface area contributed by atoms with Gasteiger partial charge in [-0.3, -0.25) is 14.9 Å². The molecule has 1 aromatic heterocycles. The SMILES string of the molecule is CC(CCC(=O)O)c1nnc(-c2ccc([N+](=O)[O-])cc2)s1. The minimum Gasteiger partial charge on any atom is -0.481 e. The van der Waals surface area contributed by atoms with Gasteiger partial charge in [0.25, 0.3) is 5.69 Å². The molecule has 1 heterocycles. The Morgan fingerprint density at radius 1 is 1.38 bits per heavy atom. The summed E-state index contributed by atoms with van der Waals surface area (Å²) < 4.78 is 0.